The van der Waals surface area contributed by atoms with E-state index in [0.29, 0.717) is 0 Å². The zero-order valence-electron chi connectivity index (χ0n) is 14.4. The van der Waals surface area contributed by atoms with Crippen molar-refractivity contribution < 1.29 is 9.53 Å². The molecule has 0 saturated heterocycles. The second-order valence-corrected chi connectivity index (χ2v) is 6.07. The monoisotopic (exact) mass is 296 g/mol. The van der Waals surface area contributed by atoms with Crippen molar-refractivity contribution in [2.75, 3.05) is 0 Å². The van der Waals surface area contributed by atoms with E-state index in [-0.39, 0.29) is 12.1 Å². The Morgan fingerprint density at radius 3 is 2.00 bits per heavy atom. The fraction of sp³-hybridized carbons (Fsp3) is 0.842. The second-order valence-electron chi connectivity index (χ2n) is 6.07. The van der Waals surface area contributed by atoms with E-state index < -0.39 is 0 Å². The molecule has 0 bridgehead atoms. The third kappa shape index (κ3) is 15.4. The van der Waals surface area contributed by atoms with Crippen LogP contribution < -0.4 is 0 Å². The molecule has 21 heavy (non-hydrogen) atoms. The minimum absolute atomic E-state index is 0.125. The number of ether oxygens (including phenoxy) is 1. The average molecular weight is 296 g/mol. The van der Waals surface area contributed by atoms with Gasteiger partial charge in [-0.3, -0.25) is 4.79 Å². The molecular formula is C19H36O2. The average Bonchev–Trinajstić information content (AvgIpc) is 2.45. The van der Waals surface area contributed by atoms with Crippen LogP contribution in [-0.4, -0.2) is 12.1 Å². The van der Waals surface area contributed by atoms with E-state index in [9.17, 15) is 4.79 Å². The number of rotatable bonds is 15. The highest BCUT2D eigenvalue weighted by Gasteiger charge is 2.11. The van der Waals surface area contributed by atoms with E-state index in [4.69, 9.17) is 4.74 Å². The van der Waals surface area contributed by atoms with Crippen LogP contribution in [0.15, 0.2) is 12.7 Å². The third-order valence-electron chi connectivity index (χ3n) is 3.90. The molecule has 0 amide bonds. The predicted octanol–water partition coefficient (Wildman–Crippen LogP) is 6.20. The molecule has 0 N–H and O–H groups in total. The van der Waals surface area contributed by atoms with Crippen molar-refractivity contribution in [3.8, 4) is 0 Å². The van der Waals surface area contributed by atoms with E-state index in [0.717, 1.165) is 19.3 Å². The van der Waals surface area contributed by atoms with Crippen LogP contribution in [0.2, 0.25) is 0 Å². The highest BCUT2D eigenvalue weighted by atomic mass is 16.5. The van der Waals surface area contributed by atoms with Gasteiger partial charge < -0.3 is 4.74 Å². The smallest absolute Gasteiger partial charge is 0.302 e. The zero-order chi connectivity index (χ0) is 15.8. The molecule has 0 radical (unpaired) electrons. The second kappa shape index (κ2) is 15.6. The number of esters is 1. The van der Waals surface area contributed by atoms with Crippen molar-refractivity contribution in [2.45, 2.75) is 103 Å². The van der Waals surface area contributed by atoms with Gasteiger partial charge in [0.25, 0.3) is 0 Å². The van der Waals surface area contributed by atoms with Gasteiger partial charge in [0.2, 0.25) is 0 Å². The summed E-state index contributed by atoms with van der Waals surface area (Å²) in [5.74, 6) is -0.125. The summed E-state index contributed by atoms with van der Waals surface area (Å²) >= 11 is 0. The fourth-order valence-corrected chi connectivity index (χ4v) is 2.66. The minimum atomic E-state index is -0.125. The normalized spacial score (nSPS) is 12.1. The molecule has 2 nitrogen and oxygen atoms in total. The van der Waals surface area contributed by atoms with E-state index in [1.807, 2.05) is 6.08 Å². The summed E-state index contributed by atoms with van der Waals surface area (Å²) in [6.07, 6.45) is 18.0. The number of carbonyl (C=O) groups excluding carboxylic acids is 1. The molecule has 0 fully saturated rings. The van der Waals surface area contributed by atoms with Gasteiger partial charge in [-0.1, -0.05) is 57.9 Å². The Morgan fingerprint density at radius 2 is 1.48 bits per heavy atom. The summed E-state index contributed by atoms with van der Waals surface area (Å²) in [4.78, 5) is 11.1. The molecule has 0 heterocycles. The highest BCUT2D eigenvalue weighted by molar-refractivity contribution is 5.66. The first-order valence-corrected chi connectivity index (χ1v) is 8.98. The standard InChI is InChI=1S/C19H36O2/c1-4-6-8-10-11-12-13-15-17-19(21-18(3)20)16-14-9-7-5-2/h4,19H,1,5-17H2,2-3H3/t19-/m0/s1. The van der Waals surface area contributed by atoms with Gasteiger partial charge >= 0.3 is 5.97 Å². The van der Waals surface area contributed by atoms with Gasteiger partial charge in [-0.05, 0) is 38.5 Å². The Kier molecular flexibility index (Phi) is 15.0. The summed E-state index contributed by atoms with van der Waals surface area (Å²) in [5.41, 5.74) is 0. The maximum atomic E-state index is 11.1. The van der Waals surface area contributed by atoms with Gasteiger partial charge in [0, 0.05) is 6.92 Å². The van der Waals surface area contributed by atoms with Crippen LogP contribution >= 0.6 is 0 Å². The molecule has 0 rings (SSSR count). The molecule has 2 heteroatoms. The molecule has 124 valence electrons. The number of allylic oxidation sites excluding steroid dienone is 1. The first-order valence-electron chi connectivity index (χ1n) is 8.98. The van der Waals surface area contributed by atoms with Crippen molar-refractivity contribution >= 4 is 5.97 Å². The van der Waals surface area contributed by atoms with E-state index in [1.165, 1.54) is 71.1 Å². The first-order chi connectivity index (χ1) is 10.2. The number of hydrogen-bond donors (Lipinski definition) is 0. The van der Waals surface area contributed by atoms with Crippen LogP contribution in [0, 0.1) is 0 Å². The molecule has 0 aromatic rings. The fourth-order valence-electron chi connectivity index (χ4n) is 2.66. The lowest BCUT2D eigenvalue weighted by molar-refractivity contribution is -0.147. The van der Waals surface area contributed by atoms with Gasteiger partial charge in [-0.15, -0.1) is 6.58 Å². The Morgan fingerprint density at radius 1 is 0.952 bits per heavy atom. The lowest BCUT2D eigenvalue weighted by Gasteiger charge is -2.17. The molecule has 0 unspecified atom stereocenters. The number of carbonyl (C=O) groups is 1. The molecule has 0 aromatic heterocycles. The number of hydrogen-bond acceptors (Lipinski definition) is 2. The van der Waals surface area contributed by atoms with Crippen molar-refractivity contribution in [3.05, 3.63) is 12.7 Å². The van der Waals surface area contributed by atoms with Crippen LogP contribution in [0.3, 0.4) is 0 Å². The topological polar surface area (TPSA) is 26.3 Å². The SMILES string of the molecule is C=CCCCCCCCC[C@H](CCCCCC)OC(C)=O. The van der Waals surface area contributed by atoms with Gasteiger partial charge in [0.05, 0.1) is 0 Å². The Bertz CT molecular complexity index is 248. The van der Waals surface area contributed by atoms with Gasteiger partial charge in [-0.2, -0.15) is 0 Å². The van der Waals surface area contributed by atoms with Crippen LogP contribution in [-0.2, 0) is 9.53 Å². The summed E-state index contributed by atoms with van der Waals surface area (Å²) in [5, 5.41) is 0. The van der Waals surface area contributed by atoms with E-state index in [1.54, 1.807) is 0 Å². The summed E-state index contributed by atoms with van der Waals surface area (Å²) in [7, 11) is 0. The molecule has 0 spiro atoms. The Balaban J connectivity index is 3.60. The summed E-state index contributed by atoms with van der Waals surface area (Å²) < 4.78 is 5.44. The van der Waals surface area contributed by atoms with E-state index in [2.05, 4.69) is 13.5 Å². The van der Waals surface area contributed by atoms with Crippen LogP contribution in [0.25, 0.3) is 0 Å². The van der Waals surface area contributed by atoms with Crippen LogP contribution in [0.1, 0.15) is 97.3 Å². The van der Waals surface area contributed by atoms with Gasteiger partial charge in [0.15, 0.2) is 0 Å². The molecule has 1 atom stereocenters. The lowest BCUT2D eigenvalue weighted by Crippen LogP contribution is -2.16. The summed E-state index contributed by atoms with van der Waals surface area (Å²) in [6.45, 7) is 7.49. The molecule has 0 aliphatic rings. The van der Waals surface area contributed by atoms with E-state index >= 15 is 0 Å². The third-order valence-corrected chi connectivity index (χ3v) is 3.90. The maximum Gasteiger partial charge on any atom is 0.302 e. The van der Waals surface area contributed by atoms with Crippen molar-refractivity contribution in [1.29, 1.82) is 0 Å². The molecule has 0 aliphatic carbocycles. The maximum absolute atomic E-state index is 11.1. The summed E-state index contributed by atoms with van der Waals surface area (Å²) in [6, 6.07) is 0. The van der Waals surface area contributed by atoms with Gasteiger partial charge in [0.1, 0.15) is 6.10 Å². The van der Waals surface area contributed by atoms with Gasteiger partial charge in [-0.25, -0.2) is 0 Å². The van der Waals surface area contributed by atoms with Crippen molar-refractivity contribution in [3.63, 3.8) is 0 Å². The first kappa shape index (κ1) is 20.2. The Hall–Kier alpha value is -0.790. The quantitative estimate of drug-likeness (QED) is 0.204. The largest absolute Gasteiger partial charge is 0.463 e. The molecular weight excluding hydrogens is 260 g/mol. The highest BCUT2D eigenvalue weighted by Crippen LogP contribution is 2.16. The zero-order valence-corrected chi connectivity index (χ0v) is 14.4. The Labute approximate surface area is 132 Å². The number of unbranched alkanes of at least 4 members (excludes halogenated alkanes) is 9. The predicted molar refractivity (Wildman–Crippen MR) is 91.4 cm³/mol. The van der Waals surface area contributed by atoms with Crippen LogP contribution in [0.5, 0.6) is 0 Å². The molecule has 0 saturated carbocycles. The van der Waals surface area contributed by atoms with Crippen molar-refractivity contribution in [2.24, 2.45) is 0 Å². The molecule has 0 aliphatic heterocycles. The lowest BCUT2D eigenvalue weighted by atomic mass is 10.0. The van der Waals surface area contributed by atoms with Crippen LogP contribution in [0.4, 0.5) is 0 Å². The molecule has 0 aromatic carbocycles. The minimum Gasteiger partial charge on any atom is -0.463 e. The van der Waals surface area contributed by atoms with Crippen molar-refractivity contribution in [1.82, 2.24) is 0 Å².